The van der Waals surface area contributed by atoms with Gasteiger partial charge >= 0.3 is 0 Å². The molecule has 3 atom stereocenters. The second kappa shape index (κ2) is 52.9. The van der Waals surface area contributed by atoms with E-state index >= 15 is 0 Å². The summed E-state index contributed by atoms with van der Waals surface area (Å²) in [5, 5.41) is 33.2. The highest BCUT2D eigenvalue weighted by Gasteiger charge is 2.22. The SMILES string of the molecule is CCCCCCCCC/C=C/CC/C=C/C(O)C(CO)NC(=O)C(O)CCCCCCCCCCCCCCCCCC/C=C\C/C=C\CCCCCCCCCCCCCCC. The van der Waals surface area contributed by atoms with Crippen molar-refractivity contribution < 1.29 is 20.1 Å². The van der Waals surface area contributed by atoms with Crippen molar-refractivity contribution in [2.24, 2.45) is 0 Å². The fourth-order valence-corrected chi connectivity index (χ4v) is 8.53. The molecule has 0 spiro atoms. The van der Waals surface area contributed by atoms with Crippen molar-refractivity contribution >= 4 is 5.91 Å². The minimum absolute atomic E-state index is 0.376. The van der Waals surface area contributed by atoms with Crippen molar-refractivity contribution in [3.05, 3.63) is 48.6 Å². The Kier molecular flexibility index (Phi) is 51.5. The van der Waals surface area contributed by atoms with Crippen LogP contribution in [0.25, 0.3) is 0 Å². The first-order chi connectivity index (χ1) is 31.1. The highest BCUT2D eigenvalue weighted by Crippen LogP contribution is 2.17. The van der Waals surface area contributed by atoms with E-state index in [-0.39, 0.29) is 6.61 Å². The van der Waals surface area contributed by atoms with Crippen molar-refractivity contribution in [3.63, 3.8) is 0 Å². The topological polar surface area (TPSA) is 89.8 Å². The lowest BCUT2D eigenvalue weighted by atomic mass is 10.0. The molecule has 0 aliphatic heterocycles. The summed E-state index contributed by atoms with van der Waals surface area (Å²) in [6.07, 6.45) is 70.6. The quantitative estimate of drug-likeness (QED) is 0.0362. The molecule has 5 nitrogen and oxygen atoms in total. The molecule has 0 fully saturated rings. The standard InChI is InChI=1S/C58H109NO4/c1-3-5-7-9-11-13-15-17-18-19-20-21-22-23-24-25-26-27-28-29-30-31-32-33-34-35-36-37-38-39-41-43-45-47-49-51-53-57(62)58(63)59-55(54-60)56(61)52-50-48-46-44-42-40-16-14-12-10-8-6-4-2/h24-25,27-28,42,44,50,52,55-57,60-62H,3-23,26,29-41,43,45-49,51,53-54H2,1-2H3,(H,59,63)/b25-24-,28-27-,44-42+,52-50+. The number of allylic oxidation sites excluding steroid dienone is 7. The van der Waals surface area contributed by atoms with E-state index in [2.05, 4.69) is 55.6 Å². The first-order valence-corrected chi connectivity index (χ1v) is 28.0. The Morgan fingerprint density at radius 3 is 1.06 bits per heavy atom. The zero-order valence-corrected chi connectivity index (χ0v) is 42.2. The van der Waals surface area contributed by atoms with E-state index in [9.17, 15) is 20.1 Å². The summed E-state index contributed by atoms with van der Waals surface area (Å²) < 4.78 is 0. The average molecular weight is 885 g/mol. The number of aliphatic hydroxyl groups is 3. The number of unbranched alkanes of at least 4 members (excludes halogenated alkanes) is 37. The maximum Gasteiger partial charge on any atom is 0.249 e. The number of carbonyl (C=O) groups is 1. The van der Waals surface area contributed by atoms with Crippen LogP contribution in [0.3, 0.4) is 0 Å². The van der Waals surface area contributed by atoms with Crippen LogP contribution >= 0.6 is 0 Å². The number of amides is 1. The second-order valence-electron chi connectivity index (χ2n) is 19.1. The zero-order valence-electron chi connectivity index (χ0n) is 42.2. The van der Waals surface area contributed by atoms with Crippen molar-refractivity contribution in [2.75, 3.05) is 6.61 Å². The van der Waals surface area contributed by atoms with Gasteiger partial charge in [-0.3, -0.25) is 4.79 Å². The van der Waals surface area contributed by atoms with E-state index in [1.165, 1.54) is 225 Å². The van der Waals surface area contributed by atoms with E-state index < -0.39 is 24.2 Å². The molecule has 0 aromatic rings. The second-order valence-corrected chi connectivity index (χ2v) is 19.1. The smallest absolute Gasteiger partial charge is 0.249 e. The average Bonchev–Trinajstić information content (AvgIpc) is 3.29. The Morgan fingerprint density at radius 1 is 0.397 bits per heavy atom. The van der Waals surface area contributed by atoms with Crippen LogP contribution in [-0.4, -0.2) is 46.1 Å². The summed E-state index contributed by atoms with van der Waals surface area (Å²) >= 11 is 0. The highest BCUT2D eigenvalue weighted by molar-refractivity contribution is 5.80. The first kappa shape index (κ1) is 61.3. The largest absolute Gasteiger partial charge is 0.394 e. The van der Waals surface area contributed by atoms with Crippen LogP contribution in [0.4, 0.5) is 0 Å². The van der Waals surface area contributed by atoms with E-state index in [0.717, 1.165) is 44.9 Å². The Hall–Kier alpha value is -1.69. The zero-order chi connectivity index (χ0) is 45.8. The number of aliphatic hydroxyl groups excluding tert-OH is 3. The molecule has 0 aromatic heterocycles. The third-order valence-electron chi connectivity index (χ3n) is 12.9. The van der Waals surface area contributed by atoms with Gasteiger partial charge in [0.2, 0.25) is 5.91 Å². The predicted molar refractivity (Wildman–Crippen MR) is 277 cm³/mol. The number of nitrogens with one attached hydrogen (secondary N) is 1. The van der Waals surface area contributed by atoms with Crippen LogP contribution in [0, 0.1) is 0 Å². The molecule has 63 heavy (non-hydrogen) atoms. The third-order valence-corrected chi connectivity index (χ3v) is 12.9. The maximum absolute atomic E-state index is 12.5. The summed E-state index contributed by atoms with van der Waals surface area (Å²) in [4.78, 5) is 12.5. The van der Waals surface area contributed by atoms with Gasteiger partial charge in [-0.25, -0.2) is 0 Å². The fraction of sp³-hybridized carbons (Fsp3) is 0.845. The lowest BCUT2D eigenvalue weighted by Crippen LogP contribution is -2.48. The molecule has 0 bridgehead atoms. The molecule has 0 rings (SSSR count). The van der Waals surface area contributed by atoms with Crippen LogP contribution in [0.5, 0.6) is 0 Å². The minimum atomic E-state index is -1.11. The van der Waals surface area contributed by atoms with Gasteiger partial charge in [-0.05, 0) is 64.2 Å². The Labute approximate surface area is 393 Å². The van der Waals surface area contributed by atoms with Crippen molar-refractivity contribution in [2.45, 2.75) is 308 Å². The molecule has 0 saturated heterocycles. The molecule has 3 unspecified atom stereocenters. The number of hydrogen-bond acceptors (Lipinski definition) is 4. The normalized spacial score (nSPS) is 13.7. The van der Waals surface area contributed by atoms with E-state index in [1.807, 2.05) is 6.08 Å². The van der Waals surface area contributed by atoms with Gasteiger partial charge in [0.1, 0.15) is 6.10 Å². The molecule has 1 amide bonds. The molecule has 0 aliphatic rings. The first-order valence-electron chi connectivity index (χ1n) is 28.0. The van der Waals surface area contributed by atoms with Crippen molar-refractivity contribution in [1.82, 2.24) is 5.32 Å². The molecule has 0 saturated carbocycles. The number of rotatable bonds is 51. The molecule has 0 aromatic carbocycles. The maximum atomic E-state index is 12.5. The van der Waals surface area contributed by atoms with Crippen LogP contribution in [0.1, 0.15) is 290 Å². The monoisotopic (exact) mass is 884 g/mol. The van der Waals surface area contributed by atoms with E-state index in [1.54, 1.807) is 6.08 Å². The summed E-state index contributed by atoms with van der Waals surface area (Å²) in [5.41, 5.74) is 0. The van der Waals surface area contributed by atoms with Crippen molar-refractivity contribution in [3.8, 4) is 0 Å². The van der Waals surface area contributed by atoms with E-state index in [4.69, 9.17) is 0 Å². The van der Waals surface area contributed by atoms with Gasteiger partial charge in [-0.2, -0.15) is 0 Å². The molecule has 5 heteroatoms. The van der Waals surface area contributed by atoms with Gasteiger partial charge in [-0.15, -0.1) is 0 Å². The Morgan fingerprint density at radius 2 is 0.698 bits per heavy atom. The summed E-state index contributed by atoms with van der Waals surface area (Å²) in [6.45, 7) is 4.17. The van der Waals surface area contributed by atoms with Crippen LogP contribution in [-0.2, 0) is 4.79 Å². The third kappa shape index (κ3) is 48.1. The van der Waals surface area contributed by atoms with Gasteiger partial charge in [-0.1, -0.05) is 274 Å². The molecule has 0 heterocycles. The number of carbonyl (C=O) groups excluding carboxylic acids is 1. The molecule has 370 valence electrons. The predicted octanol–water partition coefficient (Wildman–Crippen LogP) is 17.2. The fourth-order valence-electron chi connectivity index (χ4n) is 8.53. The lowest BCUT2D eigenvalue weighted by Gasteiger charge is -2.21. The molecule has 0 aliphatic carbocycles. The molecule has 0 radical (unpaired) electrons. The van der Waals surface area contributed by atoms with Gasteiger partial charge in [0.15, 0.2) is 0 Å². The van der Waals surface area contributed by atoms with Gasteiger partial charge in [0, 0.05) is 0 Å². The molecular formula is C58H109NO4. The summed E-state index contributed by atoms with van der Waals surface area (Å²) in [6, 6.07) is -0.814. The minimum Gasteiger partial charge on any atom is -0.394 e. The van der Waals surface area contributed by atoms with Gasteiger partial charge < -0.3 is 20.6 Å². The summed E-state index contributed by atoms with van der Waals surface area (Å²) in [5.74, 6) is -0.512. The van der Waals surface area contributed by atoms with Crippen LogP contribution in [0.2, 0.25) is 0 Å². The number of hydrogen-bond donors (Lipinski definition) is 4. The Balaban J connectivity index is 3.51. The van der Waals surface area contributed by atoms with Gasteiger partial charge in [0.25, 0.3) is 0 Å². The van der Waals surface area contributed by atoms with Crippen LogP contribution in [0.15, 0.2) is 48.6 Å². The molecule has 4 N–H and O–H groups in total. The van der Waals surface area contributed by atoms with Crippen LogP contribution < -0.4 is 5.32 Å². The highest BCUT2D eigenvalue weighted by atomic mass is 16.3. The van der Waals surface area contributed by atoms with E-state index in [0.29, 0.717) is 6.42 Å². The lowest BCUT2D eigenvalue weighted by molar-refractivity contribution is -0.131. The van der Waals surface area contributed by atoms with Crippen molar-refractivity contribution in [1.29, 1.82) is 0 Å². The Bertz CT molecular complexity index is 1020. The summed E-state index contributed by atoms with van der Waals surface area (Å²) in [7, 11) is 0. The molecular weight excluding hydrogens is 775 g/mol. The van der Waals surface area contributed by atoms with Gasteiger partial charge in [0.05, 0.1) is 18.8 Å².